The van der Waals surface area contributed by atoms with Crippen molar-refractivity contribution in [3.05, 3.63) is 65.4 Å². The minimum Gasteiger partial charge on any atom is -0.487 e. The highest BCUT2D eigenvalue weighted by molar-refractivity contribution is 7.99. The molecule has 1 aliphatic rings. The highest BCUT2D eigenvalue weighted by Crippen LogP contribution is 2.54. The standard InChI is InChI=1S/C27H31F3N2OS/c1-6-34-16-26(5,27(28,29)30)24(20-10-7-9-18-15-25(3,4)33-23(18)20)32-22-12-8-11-21-19(22)14-13-17(2)31-21/h7-14,24,32H,6,15-16H2,1-5H3. The number of rotatable bonds is 7. The maximum absolute atomic E-state index is 14.8. The van der Waals surface area contributed by atoms with Crippen molar-refractivity contribution in [2.24, 2.45) is 5.41 Å². The molecule has 2 atom stereocenters. The Bertz CT molecular complexity index is 1190. The molecule has 7 heteroatoms. The lowest BCUT2D eigenvalue weighted by Crippen LogP contribution is -2.46. The number of nitrogens with zero attached hydrogens (tertiary/aromatic N) is 1. The number of fused-ring (bicyclic) bond motifs is 2. The summed E-state index contributed by atoms with van der Waals surface area (Å²) in [4.78, 5) is 4.56. The summed E-state index contributed by atoms with van der Waals surface area (Å²) in [5, 5.41) is 4.11. The van der Waals surface area contributed by atoms with Crippen LogP contribution in [0.5, 0.6) is 5.75 Å². The summed E-state index contributed by atoms with van der Waals surface area (Å²) in [6.45, 7) is 9.04. The number of nitrogens with one attached hydrogen (secondary N) is 1. The van der Waals surface area contributed by atoms with Crippen molar-refractivity contribution in [1.29, 1.82) is 0 Å². The fraction of sp³-hybridized carbons (Fsp3) is 0.444. The fourth-order valence-electron chi connectivity index (χ4n) is 4.63. The van der Waals surface area contributed by atoms with Crippen LogP contribution in [-0.4, -0.2) is 28.3 Å². The van der Waals surface area contributed by atoms with Crippen LogP contribution in [0.25, 0.3) is 10.9 Å². The molecular formula is C27H31F3N2OS. The molecule has 0 aliphatic carbocycles. The first-order valence-electron chi connectivity index (χ1n) is 11.5. The fourth-order valence-corrected chi connectivity index (χ4v) is 5.59. The molecule has 3 nitrogen and oxygen atoms in total. The van der Waals surface area contributed by atoms with E-state index in [2.05, 4.69) is 10.3 Å². The number of halogens is 3. The summed E-state index contributed by atoms with van der Waals surface area (Å²) in [6.07, 6.45) is -3.78. The molecule has 2 unspecified atom stereocenters. The van der Waals surface area contributed by atoms with E-state index in [4.69, 9.17) is 4.74 Å². The molecule has 0 bridgehead atoms. The number of aryl methyl sites for hydroxylation is 1. The molecule has 0 fully saturated rings. The van der Waals surface area contributed by atoms with Crippen molar-refractivity contribution in [2.45, 2.75) is 58.9 Å². The second kappa shape index (κ2) is 8.99. The van der Waals surface area contributed by atoms with E-state index in [1.165, 1.54) is 18.7 Å². The van der Waals surface area contributed by atoms with Gasteiger partial charge in [0.1, 0.15) is 11.4 Å². The Morgan fingerprint density at radius 3 is 2.56 bits per heavy atom. The molecule has 4 rings (SSSR count). The number of para-hydroxylation sites is 1. The topological polar surface area (TPSA) is 34.2 Å². The number of ether oxygens (including phenoxy) is 1. The number of alkyl halides is 3. The first-order chi connectivity index (χ1) is 15.9. The quantitative estimate of drug-likeness (QED) is 0.369. The normalized spacial score (nSPS) is 17.6. The lowest BCUT2D eigenvalue weighted by atomic mass is 9.78. The maximum Gasteiger partial charge on any atom is 0.397 e. The average molecular weight is 489 g/mol. The molecule has 0 saturated carbocycles. The van der Waals surface area contributed by atoms with E-state index in [1.807, 2.05) is 70.2 Å². The molecule has 0 spiro atoms. The molecule has 3 aromatic rings. The molecule has 0 saturated heterocycles. The maximum atomic E-state index is 14.8. The summed E-state index contributed by atoms with van der Waals surface area (Å²) < 4.78 is 50.7. The Hall–Kier alpha value is -2.41. The second-order valence-electron chi connectivity index (χ2n) is 9.83. The van der Waals surface area contributed by atoms with Crippen LogP contribution in [0.3, 0.4) is 0 Å². The molecule has 2 aromatic carbocycles. The largest absolute Gasteiger partial charge is 0.487 e. The minimum absolute atomic E-state index is 0.0696. The molecule has 1 aromatic heterocycles. The van der Waals surface area contributed by atoms with Gasteiger partial charge in [-0.2, -0.15) is 24.9 Å². The van der Waals surface area contributed by atoms with Gasteiger partial charge in [-0.3, -0.25) is 4.98 Å². The Morgan fingerprint density at radius 1 is 1.12 bits per heavy atom. The Morgan fingerprint density at radius 2 is 1.85 bits per heavy atom. The summed E-state index contributed by atoms with van der Waals surface area (Å²) in [5.74, 6) is 1.10. The van der Waals surface area contributed by atoms with Crippen molar-refractivity contribution < 1.29 is 17.9 Å². The Labute approximate surface area is 203 Å². The smallest absolute Gasteiger partial charge is 0.397 e. The van der Waals surface area contributed by atoms with E-state index >= 15 is 0 Å². The van der Waals surface area contributed by atoms with E-state index in [0.717, 1.165) is 22.2 Å². The SMILES string of the molecule is CCSCC(C)(C(Nc1cccc2nc(C)ccc12)c1cccc2c1OC(C)(C)C2)C(F)(F)F. The lowest BCUT2D eigenvalue weighted by Gasteiger charge is -2.41. The molecular weight excluding hydrogens is 457 g/mol. The van der Waals surface area contributed by atoms with E-state index in [-0.39, 0.29) is 5.75 Å². The number of anilines is 1. The van der Waals surface area contributed by atoms with E-state index in [0.29, 0.717) is 29.2 Å². The van der Waals surface area contributed by atoms with Crippen LogP contribution < -0.4 is 10.1 Å². The lowest BCUT2D eigenvalue weighted by molar-refractivity contribution is -0.215. The van der Waals surface area contributed by atoms with Gasteiger partial charge in [0.2, 0.25) is 0 Å². The van der Waals surface area contributed by atoms with Crippen LogP contribution in [0, 0.1) is 12.3 Å². The predicted octanol–water partition coefficient (Wildman–Crippen LogP) is 7.73. The van der Waals surface area contributed by atoms with Crippen LogP contribution in [0.2, 0.25) is 0 Å². The predicted molar refractivity (Wildman–Crippen MR) is 135 cm³/mol. The van der Waals surface area contributed by atoms with Crippen molar-refractivity contribution >= 4 is 28.4 Å². The number of pyridine rings is 1. The zero-order chi connectivity index (χ0) is 24.7. The summed E-state index contributed by atoms with van der Waals surface area (Å²) >= 11 is 1.30. The van der Waals surface area contributed by atoms with Crippen LogP contribution >= 0.6 is 11.8 Å². The van der Waals surface area contributed by atoms with Crippen molar-refractivity contribution in [3.8, 4) is 5.75 Å². The number of benzene rings is 2. The third-order valence-corrected chi connectivity index (χ3v) is 7.71. The molecule has 34 heavy (non-hydrogen) atoms. The number of aromatic nitrogens is 1. The Kier molecular flexibility index (Phi) is 6.53. The van der Waals surface area contributed by atoms with Crippen molar-refractivity contribution in [2.75, 3.05) is 16.8 Å². The number of hydrogen-bond acceptors (Lipinski definition) is 4. The molecule has 1 N–H and O–H groups in total. The van der Waals surface area contributed by atoms with Gasteiger partial charge in [0.05, 0.1) is 17.0 Å². The van der Waals surface area contributed by atoms with Gasteiger partial charge >= 0.3 is 6.18 Å². The van der Waals surface area contributed by atoms with Crippen molar-refractivity contribution in [1.82, 2.24) is 4.98 Å². The average Bonchev–Trinajstić information content (AvgIpc) is 3.08. The summed E-state index contributed by atoms with van der Waals surface area (Å²) in [7, 11) is 0. The monoisotopic (exact) mass is 488 g/mol. The molecule has 1 aliphatic heterocycles. The molecule has 0 amide bonds. The van der Waals surface area contributed by atoms with Crippen molar-refractivity contribution in [3.63, 3.8) is 0 Å². The van der Waals surface area contributed by atoms with Gasteiger partial charge in [-0.15, -0.1) is 0 Å². The molecule has 182 valence electrons. The van der Waals surface area contributed by atoms with Crippen LogP contribution in [0.4, 0.5) is 18.9 Å². The van der Waals surface area contributed by atoms with E-state index in [1.54, 1.807) is 6.07 Å². The highest BCUT2D eigenvalue weighted by atomic mass is 32.2. The van der Waals surface area contributed by atoms with Crippen LogP contribution in [0.1, 0.15) is 50.6 Å². The van der Waals surface area contributed by atoms with Gasteiger partial charge < -0.3 is 10.1 Å². The third-order valence-electron chi connectivity index (χ3n) is 6.49. The zero-order valence-corrected chi connectivity index (χ0v) is 21.0. The van der Waals surface area contributed by atoms with Gasteiger partial charge in [-0.25, -0.2) is 0 Å². The van der Waals surface area contributed by atoms with Gasteiger partial charge in [0, 0.05) is 34.5 Å². The van der Waals surface area contributed by atoms with Gasteiger partial charge in [0.15, 0.2) is 0 Å². The number of hydrogen-bond donors (Lipinski definition) is 1. The van der Waals surface area contributed by atoms with E-state index in [9.17, 15) is 13.2 Å². The van der Waals surface area contributed by atoms with Gasteiger partial charge in [-0.1, -0.05) is 31.2 Å². The van der Waals surface area contributed by atoms with Gasteiger partial charge in [-0.05, 0) is 63.3 Å². The molecule has 0 radical (unpaired) electrons. The first-order valence-corrected chi connectivity index (χ1v) is 12.7. The summed E-state index contributed by atoms with van der Waals surface area (Å²) in [5.41, 5.74) is 1.21. The van der Waals surface area contributed by atoms with Crippen LogP contribution in [-0.2, 0) is 6.42 Å². The zero-order valence-electron chi connectivity index (χ0n) is 20.2. The second-order valence-corrected chi connectivity index (χ2v) is 11.1. The first kappa shape index (κ1) is 24.7. The van der Waals surface area contributed by atoms with Crippen LogP contribution in [0.15, 0.2) is 48.5 Å². The van der Waals surface area contributed by atoms with Gasteiger partial charge in [0.25, 0.3) is 0 Å². The highest BCUT2D eigenvalue weighted by Gasteiger charge is 2.57. The third kappa shape index (κ3) is 4.59. The minimum atomic E-state index is -4.44. The number of thioether (sulfide) groups is 1. The summed E-state index contributed by atoms with van der Waals surface area (Å²) in [6, 6.07) is 13.8. The van der Waals surface area contributed by atoms with E-state index < -0.39 is 23.2 Å². The molecule has 2 heterocycles. The Balaban J connectivity index is 1.90.